The highest BCUT2D eigenvalue weighted by molar-refractivity contribution is 5.92. The summed E-state index contributed by atoms with van der Waals surface area (Å²) in [6, 6.07) is 7.71. The van der Waals surface area contributed by atoms with Crippen LogP contribution in [0.2, 0.25) is 0 Å². The van der Waals surface area contributed by atoms with Gasteiger partial charge in [0.25, 0.3) is 5.91 Å². The Labute approximate surface area is 109 Å². The smallest absolute Gasteiger partial charge is 0.271 e. The third-order valence-electron chi connectivity index (χ3n) is 2.54. The second kappa shape index (κ2) is 6.10. The number of hydrogen-bond acceptors (Lipinski definition) is 3. The number of para-hydroxylation sites is 1. The van der Waals surface area contributed by atoms with Gasteiger partial charge in [-0.25, -0.2) is 9.07 Å². The first kappa shape index (κ1) is 13.2. The van der Waals surface area contributed by atoms with Crippen LogP contribution in [0.1, 0.15) is 16.9 Å². The van der Waals surface area contributed by atoms with Crippen LogP contribution in [0.15, 0.2) is 36.5 Å². The Kier molecular flexibility index (Phi) is 4.25. The Hall–Kier alpha value is -2.21. The minimum Gasteiger partial charge on any atom is -0.396 e. The number of halogens is 1. The predicted molar refractivity (Wildman–Crippen MR) is 67.6 cm³/mol. The fourth-order valence-electron chi connectivity index (χ4n) is 1.59. The molecule has 1 aromatic carbocycles. The summed E-state index contributed by atoms with van der Waals surface area (Å²) in [6.45, 7) is 0.395. The lowest BCUT2D eigenvalue weighted by Crippen LogP contribution is -2.25. The highest BCUT2D eigenvalue weighted by Crippen LogP contribution is 2.11. The molecule has 100 valence electrons. The van der Waals surface area contributed by atoms with Gasteiger partial charge in [-0.05, 0) is 24.6 Å². The van der Waals surface area contributed by atoms with Crippen molar-refractivity contribution in [1.29, 1.82) is 0 Å². The van der Waals surface area contributed by atoms with Crippen molar-refractivity contribution in [3.63, 3.8) is 0 Å². The summed E-state index contributed by atoms with van der Waals surface area (Å²) < 4.78 is 14.9. The van der Waals surface area contributed by atoms with Gasteiger partial charge in [-0.15, -0.1) is 0 Å². The van der Waals surface area contributed by atoms with Crippen LogP contribution in [-0.4, -0.2) is 33.9 Å². The number of amides is 1. The zero-order valence-corrected chi connectivity index (χ0v) is 10.2. The summed E-state index contributed by atoms with van der Waals surface area (Å²) in [5.74, 6) is -0.749. The third kappa shape index (κ3) is 3.17. The van der Waals surface area contributed by atoms with Crippen LogP contribution in [0, 0.1) is 5.82 Å². The Balaban J connectivity index is 2.11. The maximum absolute atomic E-state index is 13.5. The van der Waals surface area contributed by atoms with Gasteiger partial charge < -0.3 is 10.4 Å². The van der Waals surface area contributed by atoms with E-state index in [1.165, 1.54) is 23.0 Å². The van der Waals surface area contributed by atoms with Crippen molar-refractivity contribution >= 4 is 5.91 Å². The molecule has 0 aliphatic heterocycles. The van der Waals surface area contributed by atoms with Crippen LogP contribution in [-0.2, 0) is 0 Å². The molecule has 0 aliphatic rings. The minimum absolute atomic E-state index is 0.0178. The molecule has 0 fully saturated rings. The molecule has 1 amide bonds. The minimum atomic E-state index is -0.405. The molecule has 2 aromatic rings. The molecule has 0 unspecified atom stereocenters. The van der Waals surface area contributed by atoms with E-state index < -0.39 is 5.82 Å². The molecular weight excluding hydrogens is 249 g/mol. The predicted octanol–water partition coefficient (Wildman–Crippen LogP) is 1.12. The van der Waals surface area contributed by atoms with Crippen molar-refractivity contribution in [3.8, 4) is 5.69 Å². The highest BCUT2D eigenvalue weighted by Gasteiger charge is 2.11. The lowest BCUT2D eigenvalue weighted by atomic mass is 10.3. The van der Waals surface area contributed by atoms with Crippen molar-refractivity contribution < 1.29 is 14.3 Å². The number of carbonyl (C=O) groups excluding carboxylic acids is 1. The first-order valence-electron chi connectivity index (χ1n) is 5.92. The lowest BCUT2D eigenvalue weighted by Gasteiger charge is -2.03. The average molecular weight is 263 g/mol. The van der Waals surface area contributed by atoms with E-state index in [9.17, 15) is 9.18 Å². The molecular formula is C13H14FN3O2. The van der Waals surface area contributed by atoms with Crippen molar-refractivity contribution in [3.05, 3.63) is 48.0 Å². The highest BCUT2D eigenvalue weighted by atomic mass is 19.1. The van der Waals surface area contributed by atoms with Crippen LogP contribution in [0.4, 0.5) is 4.39 Å². The summed E-state index contributed by atoms with van der Waals surface area (Å²) >= 11 is 0. The second-order valence-electron chi connectivity index (χ2n) is 3.93. The normalized spacial score (nSPS) is 10.4. The molecule has 0 aliphatic carbocycles. The van der Waals surface area contributed by atoms with Gasteiger partial charge in [-0.1, -0.05) is 12.1 Å². The van der Waals surface area contributed by atoms with E-state index in [0.29, 0.717) is 13.0 Å². The number of nitrogens with zero attached hydrogens (tertiary/aromatic N) is 2. The maximum atomic E-state index is 13.5. The Morgan fingerprint density at radius 3 is 2.89 bits per heavy atom. The monoisotopic (exact) mass is 263 g/mol. The number of carbonyl (C=O) groups is 1. The van der Waals surface area contributed by atoms with E-state index in [-0.39, 0.29) is 23.9 Å². The van der Waals surface area contributed by atoms with Crippen LogP contribution in [0.5, 0.6) is 0 Å². The van der Waals surface area contributed by atoms with E-state index in [1.54, 1.807) is 18.2 Å². The van der Waals surface area contributed by atoms with E-state index in [2.05, 4.69) is 10.4 Å². The number of hydrogen-bond donors (Lipinski definition) is 2. The number of nitrogens with one attached hydrogen (secondary N) is 1. The van der Waals surface area contributed by atoms with Crippen LogP contribution in [0.3, 0.4) is 0 Å². The molecule has 6 heteroatoms. The van der Waals surface area contributed by atoms with Crippen molar-refractivity contribution in [1.82, 2.24) is 15.1 Å². The van der Waals surface area contributed by atoms with Gasteiger partial charge in [0.1, 0.15) is 11.5 Å². The zero-order chi connectivity index (χ0) is 13.7. The van der Waals surface area contributed by atoms with E-state index in [0.717, 1.165) is 0 Å². The molecule has 0 spiro atoms. The maximum Gasteiger partial charge on any atom is 0.271 e. The van der Waals surface area contributed by atoms with Gasteiger partial charge in [-0.2, -0.15) is 5.10 Å². The molecule has 1 aromatic heterocycles. The van der Waals surface area contributed by atoms with Crippen molar-refractivity contribution in [2.75, 3.05) is 13.2 Å². The van der Waals surface area contributed by atoms with Gasteiger partial charge in [0, 0.05) is 19.3 Å². The summed E-state index contributed by atoms with van der Waals surface area (Å²) in [5, 5.41) is 15.3. The number of benzene rings is 1. The fourth-order valence-corrected chi connectivity index (χ4v) is 1.59. The number of aromatic nitrogens is 2. The van der Waals surface area contributed by atoms with Gasteiger partial charge >= 0.3 is 0 Å². The molecule has 0 saturated carbocycles. The van der Waals surface area contributed by atoms with Crippen molar-refractivity contribution in [2.45, 2.75) is 6.42 Å². The molecule has 0 saturated heterocycles. The fraction of sp³-hybridized carbons (Fsp3) is 0.231. The van der Waals surface area contributed by atoms with E-state index in [4.69, 9.17) is 5.11 Å². The van der Waals surface area contributed by atoms with E-state index in [1.807, 2.05) is 0 Å². The molecule has 5 nitrogen and oxygen atoms in total. The Morgan fingerprint density at radius 2 is 2.16 bits per heavy atom. The van der Waals surface area contributed by atoms with Crippen LogP contribution < -0.4 is 5.32 Å². The summed E-state index contributed by atoms with van der Waals surface area (Å²) in [4.78, 5) is 11.7. The molecule has 2 rings (SSSR count). The lowest BCUT2D eigenvalue weighted by molar-refractivity contribution is 0.0945. The molecule has 19 heavy (non-hydrogen) atoms. The largest absolute Gasteiger partial charge is 0.396 e. The Morgan fingerprint density at radius 1 is 1.37 bits per heavy atom. The summed E-state index contributed by atoms with van der Waals surface area (Å²) in [5.41, 5.74) is 0.498. The quantitative estimate of drug-likeness (QED) is 0.794. The van der Waals surface area contributed by atoms with Crippen LogP contribution in [0.25, 0.3) is 5.69 Å². The summed E-state index contributed by atoms with van der Waals surface area (Å²) in [7, 11) is 0. The standard InChI is InChI=1S/C13H14FN3O2/c14-10-4-1-2-5-12(10)17-8-6-11(16-17)13(19)15-7-3-9-18/h1-2,4-6,8,18H,3,7,9H2,(H,15,19). The van der Waals surface area contributed by atoms with Gasteiger partial charge in [0.2, 0.25) is 0 Å². The van der Waals surface area contributed by atoms with Gasteiger partial charge in [0.05, 0.1) is 0 Å². The second-order valence-corrected chi connectivity index (χ2v) is 3.93. The SMILES string of the molecule is O=C(NCCCO)c1ccn(-c2ccccc2F)n1. The number of aliphatic hydroxyl groups excluding tert-OH is 1. The van der Waals surface area contributed by atoms with Crippen LogP contribution >= 0.6 is 0 Å². The topological polar surface area (TPSA) is 67.2 Å². The first-order chi connectivity index (χ1) is 9.22. The molecule has 1 heterocycles. The summed E-state index contributed by atoms with van der Waals surface area (Å²) in [6.07, 6.45) is 2.01. The Bertz CT molecular complexity index is 569. The van der Waals surface area contributed by atoms with Gasteiger partial charge in [0.15, 0.2) is 5.69 Å². The van der Waals surface area contributed by atoms with Crippen molar-refractivity contribution in [2.24, 2.45) is 0 Å². The number of rotatable bonds is 5. The average Bonchev–Trinajstić information content (AvgIpc) is 2.89. The van der Waals surface area contributed by atoms with E-state index >= 15 is 0 Å². The third-order valence-corrected chi connectivity index (χ3v) is 2.54. The van der Waals surface area contributed by atoms with Gasteiger partial charge in [-0.3, -0.25) is 4.79 Å². The zero-order valence-electron chi connectivity index (χ0n) is 10.2. The molecule has 0 bridgehead atoms. The first-order valence-corrected chi connectivity index (χ1v) is 5.92. The molecule has 0 atom stereocenters. The molecule has 2 N–H and O–H groups in total. The molecule has 0 radical (unpaired) electrons. The number of aliphatic hydroxyl groups is 1.